The molecule has 8 heteroatoms. The molecule has 0 radical (unpaired) electrons. The van der Waals surface area contributed by atoms with E-state index in [0.717, 1.165) is 37.7 Å². The summed E-state index contributed by atoms with van der Waals surface area (Å²) >= 11 is 0. The number of amides is 2. The molecule has 0 heterocycles. The fraction of sp³-hybridized carbons (Fsp3) is 0.375. The van der Waals surface area contributed by atoms with Crippen LogP contribution in [0.4, 0.5) is 4.39 Å². The zero-order valence-electron chi connectivity index (χ0n) is 23.1. The molecule has 1 aliphatic rings. The molecule has 40 heavy (non-hydrogen) atoms. The number of carbonyl (C=O) groups is 2. The van der Waals surface area contributed by atoms with Gasteiger partial charge in [0.05, 0.1) is 14.2 Å². The van der Waals surface area contributed by atoms with Crippen LogP contribution in [0.25, 0.3) is 0 Å². The van der Waals surface area contributed by atoms with Gasteiger partial charge < -0.3 is 24.4 Å². The first kappa shape index (κ1) is 28.9. The SMILES string of the molecule is COc1cc(OC)cc(OCC(=O)N(Cc2ccccc2F)[C@@H](Cc2ccccc2)C(=O)NC2CCCCC2)c1. The summed E-state index contributed by atoms with van der Waals surface area (Å²) in [5, 5.41) is 3.18. The number of hydrogen-bond donors (Lipinski definition) is 1. The fourth-order valence-electron chi connectivity index (χ4n) is 5.00. The number of methoxy groups -OCH3 is 2. The van der Waals surface area contributed by atoms with E-state index in [1.165, 1.54) is 25.2 Å². The molecular formula is C32H37FN2O5. The monoisotopic (exact) mass is 548 g/mol. The minimum atomic E-state index is -0.861. The summed E-state index contributed by atoms with van der Waals surface area (Å²) in [7, 11) is 3.05. The molecule has 0 spiro atoms. The Morgan fingerprint density at radius 1 is 0.900 bits per heavy atom. The molecule has 0 aromatic heterocycles. The Bertz CT molecular complexity index is 1240. The summed E-state index contributed by atoms with van der Waals surface area (Å²) in [6.07, 6.45) is 5.38. The van der Waals surface area contributed by atoms with Gasteiger partial charge >= 0.3 is 0 Å². The largest absolute Gasteiger partial charge is 0.496 e. The summed E-state index contributed by atoms with van der Waals surface area (Å²) in [6, 6.07) is 20.0. The first-order valence-corrected chi connectivity index (χ1v) is 13.7. The van der Waals surface area contributed by atoms with Crippen molar-refractivity contribution in [1.82, 2.24) is 10.2 Å². The van der Waals surface area contributed by atoms with Crippen molar-refractivity contribution >= 4 is 11.8 Å². The van der Waals surface area contributed by atoms with Crippen molar-refractivity contribution in [3.63, 3.8) is 0 Å². The lowest BCUT2D eigenvalue weighted by molar-refractivity contribution is -0.143. The summed E-state index contributed by atoms with van der Waals surface area (Å²) in [5.74, 6) is 0.275. The van der Waals surface area contributed by atoms with Gasteiger partial charge in [-0.05, 0) is 24.5 Å². The number of benzene rings is 3. The first-order chi connectivity index (χ1) is 19.5. The van der Waals surface area contributed by atoms with Crippen molar-refractivity contribution in [1.29, 1.82) is 0 Å². The molecule has 1 N–H and O–H groups in total. The first-order valence-electron chi connectivity index (χ1n) is 13.7. The highest BCUT2D eigenvalue weighted by atomic mass is 19.1. The molecule has 3 aromatic carbocycles. The number of nitrogens with zero attached hydrogens (tertiary/aromatic N) is 1. The molecule has 4 rings (SSSR count). The van der Waals surface area contributed by atoms with E-state index in [1.54, 1.807) is 36.4 Å². The van der Waals surface area contributed by atoms with Crippen molar-refractivity contribution in [3.05, 3.63) is 89.7 Å². The van der Waals surface area contributed by atoms with Gasteiger partial charge in [-0.2, -0.15) is 0 Å². The number of ether oxygens (including phenoxy) is 3. The lowest BCUT2D eigenvalue weighted by atomic mass is 9.94. The minimum Gasteiger partial charge on any atom is -0.496 e. The minimum absolute atomic E-state index is 0.0606. The third-order valence-corrected chi connectivity index (χ3v) is 7.21. The van der Waals surface area contributed by atoms with Crippen molar-refractivity contribution < 1.29 is 28.2 Å². The highest BCUT2D eigenvalue weighted by Gasteiger charge is 2.32. The average Bonchev–Trinajstić information content (AvgIpc) is 2.99. The van der Waals surface area contributed by atoms with Gasteiger partial charge in [-0.25, -0.2) is 4.39 Å². The lowest BCUT2D eigenvalue weighted by Gasteiger charge is -2.33. The molecule has 1 saturated carbocycles. The third-order valence-electron chi connectivity index (χ3n) is 7.21. The second-order valence-electron chi connectivity index (χ2n) is 10.00. The van der Waals surface area contributed by atoms with Crippen molar-refractivity contribution in [2.75, 3.05) is 20.8 Å². The molecule has 212 valence electrons. The van der Waals surface area contributed by atoms with E-state index in [2.05, 4.69) is 5.32 Å². The standard InChI is InChI=1S/C32H37FN2O5/c1-38-26-18-27(39-2)20-28(19-26)40-22-31(36)35(21-24-13-9-10-16-29(24)33)30(17-23-11-5-3-6-12-23)32(37)34-25-14-7-4-8-15-25/h3,5-6,9-13,16,18-20,25,30H,4,7-8,14-15,17,21-22H2,1-2H3,(H,34,37)/t30-/m0/s1. The summed E-state index contributed by atoms with van der Waals surface area (Å²) in [5.41, 5.74) is 1.22. The van der Waals surface area contributed by atoms with Gasteiger partial charge in [0.1, 0.15) is 29.1 Å². The van der Waals surface area contributed by atoms with E-state index in [4.69, 9.17) is 14.2 Å². The number of carbonyl (C=O) groups excluding carboxylic acids is 2. The second-order valence-corrected chi connectivity index (χ2v) is 10.00. The van der Waals surface area contributed by atoms with Crippen LogP contribution in [0.1, 0.15) is 43.2 Å². The maximum atomic E-state index is 14.8. The zero-order valence-corrected chi connectivity index (χ0v) is 23.1. The van der Waals surface area contributed by atoms with Crippen LogP contribution >= 0.6 is 0 Å². The Hall–Kier alpha value is -4.07. The summed E-state index contributed by atoms with van der Waals surface area (Å²) in [4.78, 5) is 29.0. The van der Waals surface area contributed by atoms with E-state index in [-0.39, 0.29) is 31.5 Å². The molecule has 0 bridgehead atoms. The predicted octanol–water partition coefficient (Wildman–Crippen LogP) is 5.31. The van der Waals surface area contributed by atoms with Crippen molar-refractivity contribution in [2.45, 2.75) is 57.2 Å². The predicted molar refractivity (Wildman–Crippen MR) is 151 cm³/mol. The smallest absolute Gasteiger partial charge is 0.261 e. The van der Waals surface area contributed by atoms with Gasteiger partial charge in [-0.3, -0.25) is 9.59 Å². The van der Waals surface area contributed by atoms with E-state index in [0.29, 0.717) is 22.8 Å². The Labute approximate surface area is 235 Å². The Kier molecular flexibility index (Phi) is 10.4. The third kappa shape index (κ3) is 7.97. The van der Waals surface area contributed by atoms with Gasteiger partial charge in [-0.1, -0.05) is 67.8 Å². The van der Waals surface area contributed by atoms with Gasteiger partial charge in [0.25, 0.3) is 5.91 Å². The Morgan fingerprint density at radius 3 is 2.17 bits per heavy atom. The van der Waals surface area contributed by atoms with E-state index >= 15 is 0 Å². The quantitative estimate of drug-likeness (QED) is 0.332. The fourth-order valence-corrected chi connectivity index (χ4v) is 5.00. The van der Waals surface area contributed by atoms with E-state index < -0.39 is 17.8 Å². The molecule has 1 atom stereocenters. The van der Waals surface area contributed by atoms with Crippen LogP contribution in [0, 0.1) is 5.82 Å². The normalized spacial score (nSPS) is 14.2. The van der Waals surface area contributed by atoms with Crippen LogP contribution in [0.15, 0.2) is 72.8 Å². The summed E-state index contributed by atoms with van der Waals surface area (Å²) in [6.45, 7) is -0.432. The molecule has 1 aliphatic carbocycles. The number of rotatable bonds is 12. The van der Waals surface area contributed by atoms with Crippen LogP contribution in [0.3, 0.4) is 0 Å². The molecule has 0 aliphatic heterocycles. The van der Waals surface area contributed by atoms with Crippen LogP contribution in [-0.2, 0) is 22.6 Å². The van der Waals surface area contributed by atoms with Gasteiger partial charge in [0.2, 0.25) is 5.91 Å². The second kappa shape index (κ2) is 14.4. The van der Waals surface area contributed by atoms with Crippen LogP contribution in [0.5, 0.6) is 17.2 Å². The number of nitrogens with one attached hydrogen (secondary N) is 1. The summed E-state index contributed by atoms with van der Waals surface area (Å²) < 4.78 is 31.3. The topological polar surface area (TPSA) is 77.1 Å². The number of hydrogen-bond acceptors (Lipinski definition) is 5. The van der Waals surface area contributed by atoms with Crippen molar-refractivity contribution in [2.24, 2.45) is 0 Å². The van der Waals surface area contributed by atoms with Gasteiger partial charge in [0, 0.05) is 42.8 Å². The molecule has 7 nitrogen and oxygen atoms in total. The van der Waals surface area contributed by atoms with Gasteiger partial charge in [-0.15, -0.1) is 0 Å². The maximum absolute atomic E-state index is 14.8. The molecule has 0 unspecified atom stereocenters. The maximum Gasteiger partial charge on any atom is 0.261 e. The van der Waals surface area contributed by atoms with Crippen LogP contribution in [0.2, 0.25) is 0 Å². The Balaban J connectivity index is 1.63. The molecule has 3 aromatic rings. The van der Waals surface area contributed by atoms with Crippen LogP contribution in [-0.4, -0.2) is 49.6 Å². The van der Waals surface area contributed by atoms with Crippen LogP contribution < -0.4 is 19.5 Å². The highest BCUT2D eigenvalue weighted by molar-refractivity contribution is 5.88. The molecule has 0 saturated heterocycles. The molecular weight excluding hydrogens is 511 g/mol. The highest BCUT2D eigenvalue weighted by Crippen LogP contribution is 2.28. The van der Waals surface area contributed by atoms with E-state index in [9.17, 15) is 14.0 Å². The Morgan fingerprint density at radius 2 is 1.52 bits per heavy atom. The zero-order chi connectivity index (χ0) is 28.3. The average molecular weight is 549 g/mol. The van der Waals surface area contributed by atoms with Gasteiger partial charge in [0.15, 0.2) is 6.61 Å². The lowest BCUT2D eigenvalue weighted by Crippen LogP contribution is -2.53. The van der Waals surface area contributed by atoms with E-state index in [1.807, 2.05) is 30.3 Å². The number of halogens is 1. The molecule has 2 amide bonds. The molecule has 1 fully saturated rings. The van der Waals surface area contributed by atoms with Crippen molar-refractivity contribution in [3.8, 4) is 17.2 Å².